The van der Waals surface area contributed by atoms with E-state index in [2.05, 4.69) is 25.7 Å². The molecule has 0 amide bonds. The van der Waals surface area contributed by atoms with Crippen LogP contribution in [0, 0.1) is 11.3 Å². The molecule has 1 rings (SSSR count). The van der Waals surface area contributed by atoms with Crippen LogP contribution in [0.4, 0.5) is 0 Å². The van der Waals surface area contributed by atoms with Gasteiger partial charge in [0.1, 0.15) is 0 Å². The molecule has 114 valence electrons. The fourth-order valence-electron chi connectivity index (χ4n) is 3.35. The molecular weight excluding hydrogens is 232 g/mol. The summed E-state index contributed by atoms with van der Waals surface area (Å²) >= 11 is 0. The molecule has 1 unspecified atom stereocenters. The smallest absolute Gasteiger partial charge is 0.00135 e. The number of hydrogen-bond acceptors (Lipinski definition) is 2. The normalized spacial score (nSPS) is 21.5. The number of rotatable bonds is 9. The molecule has 0 aromatic heterocycles. The fourth-order valence-corrected chi connectivity index (χ4v) is 3.35. The van der Waals surface area contributed by atoms with Crippen LogP contribution in [-0.2, 0) is 0 Å². The predicted molar refractivity (Wildman–Crippen MR) is 85.4 cm³/mol. The molecule has 1 aliphatic heterocycles. The molecule has 0 radical (unpaired) electrons. The molecule has 1 atom stereocenters. The van der Waals surface area contributed by atoms with Crippen molar-refractivity contribution in [2.75, 3.05) is 26.2 Å². The van der Waals surface area contributed by atoms with Crippen molar-refractivity contribution in [2.45, 2.75) is 72.1 Å². The Morgan fingerprint density at radius 2 is 1.79 bits per heavy atom. The van der Waals surface area contributed by atoms with Crippen molar-refractivity contribution in [1.82, 2.24) is 4.90 Å². The summed E-state index contributed by atoms with van der Waals surface area (Å²) in [7, 11) is 0. The SMILES string of the molecule is CCCC(CCN)CCCN1CCC(C)(CC)CC1. The third kappa shape index (κ3) is 6.27. The van der Waals surface area contributed by atoms with E-state index >= 15 is 0 Å². The maximum atomic E-state index is 5.71. The van der Waals surface area contributed by atoms with Gasteiger partial charge >= 0.3 is 0 Å². The molecule has 0 saturated carbocycles. The van der Waals surface area contributed by atoms with Crippen LogP contribution in [-0.4, -0.2) is 31.1 Å². The lowest BCUT2D eigenvalue weighted by atomic mass is 9.78. The average molecular weight is 268 g/mol. The lowest BCUT2D eigenvalue weighted by Crippen LogP contribution is -2.38. The lowest BCUT2D eigenvalue weighted by molar-refractivity contribution is 0.112. The van der Waals surface area contributed by atoms with Gasteiger partial charge in [-0.05, 0) is 69.6 Å². The summed E-state index contributed by atoms with van der Waals surface area (Å²) in [5.41, 5.74) is 6.33. The largest absolute Gasteiger partial charge is 0.330 e. The summed E-state index contributed by atoms with van der Waals surface area (Å²) in [4.78, 5) is 2.68. The number of piperidine rings is 1. The average Bonchev–Trinajstić information content (AvgIpc) is 2.42. The predicted octanol–water partition coefficient (Wildman–Crippen LogP) is 4.04. The van der Waals surface area contributed by atoms with Gasteiger partial charge in [-0.1, -0.05) is 40.0 Å². The molecule has 19 heavy (non-hydrogen) atoms. The third-order valence-corrected chi connectivity index (χ3v) is 5.28. The van der Waals surface area contributed by atoms with Gasteiger partial charge < -0.3 is 10.6 Å². The van der Waals surface area contributed by atoms with Gasteiger partial charge in [0.15, 0.2) is 0 Å². The van der Waals surface area contributed by atoms with E-state index < -0.39 is 0 Å². The first-order chi connectivity index (χ1) is 9.13. The van der Waals surface area contributed by atoms with Gasteiger partial charge in [-0.3, -0.25) is 0 Å². The van der Waals surface area contributed by atoms with E-state index in [9.17, 15) is 0 Å². The zero-order valence-electron chi connectivity index (χ0n) is 13.6. The van der Waals surface area contributed by atoms with Crippen molar-refractivity contribution in [2.24, 2.45) is 17.1 Å². The van der Waals surface area contributed by atoms with Gasteiger partial charge in [0, 0.05) is 0 Å². The molecule has 1 aliphatic rings. The maximum absolute atomic E-state index is 5.71. The van der Waals surface area contributed by atoms with Crippen molar-refractivity contribution in [3.8, 4) is 0 Å². The minimum absolute atomic E-state index is 0.626. The number of likely N-dealkylation sites (tertiary alicyclic amines) is 1. The Morgan fingerprint density at radius 3 is 2.32 bits per heavy atom. The Kier molecular flexibility index (Phi) is 8.01. The molecule has 0 aromatic rings. The van der Waals surface area contributed by atoms with Gasteiger partial charge in [-0.2, -0.15) is 0 Å². The van der Waals surface area contributed by atoms with Crippen molar-refractivity contribution in [1.29, 1.82) is 0 Å². The molecule has 1 heterocycles. The summed E-state index contributed by atoms with van der Waals surface area (Å²) in [6.45, 7) is 11.9. The van der Waals surface area contributed by atoms with E-state index in [0.29, 0.717) is 5.41 Å². The van der Waals surface area contributed by atoms with Gasteiger partial charge in [0.05, 0.1) is 0 Å². The highest BCUT2D eigenvalue weighted by atomic mass is 15.1. The second kappa shape index (κ2) is 8.97. The van der Waals surface area contributed by atoms with Crippen molar-refractivity contribution in [3.05, 3.63) is 0 Å². The van der Waals surface area contributed by atoms with Crippen LogP contribution in [0.3, 0.4) is 0 Å². The molecule has 0 aromatic carbocycles. The Bertz CT molecular complexity index is 213. The van der Waals surface area contributed by atoms with Gasteiger partial charge in [0.2, 0.25) is 0 Å². The Morgan fingerprint density at radius 1 is 1.11 bits per heavy atom. The van der Waals surface area contributed by atoms with Crippen molar-refractivity contribution in [3.63, 3.8) is 0 Å². The first-order valence-electron chi connectivity index (χ1n) is 8.56. The van der Waals surface area contributed by atoms with Gasteiger partial charge in [-0.15, -0.1) is 0 Å². The molecule has 1 saturated heterocycles. The minimum atomic E-state index is 0.626. The first-order valence-corrected chi connectivity index (χ1v) is 8.56. The number of nitrogens with two attached hydrogens (primary N) is 1. The fraction of sp³-hybridized carbons (Fsp3) is 1.00. The molecular formula is C17H36N2. The minimum Gasteiger partial charge on any atom is -0.330 e. The van der Waals surface area contributed by atoms with Gasteiger partial charge in [0.25, 0.3) is 0 Å². The summed E-state index contributed by atoms with van der Waals surface area (Å²) in [5, 5.41) is 0. The monoisotopic (exact) mass is 268 g/mol. The van der Waals surface area contributed by atoms with Crippen molar-refractivity contribution < 1.29 is 0 Å². The topological polar surface area (TPSA) is 29.3 Å². The standard InChI is InChI=1S/C17H36N2/c1-4-7-16(9-12-18)8-6-13-19-14-10-17(3,5-2)11-15-19/h16H,4-15,18H2,1-3H3. The van der Waals surface area contributed by atoms with E-state index in [1.165, 1.54) is 71.0 Å². The van der Waals surface area contributed by atoms with Crippen LogP contribution in [0.25, 0.3) is 0 Å². The highest BCUT2D eigenvalue weighted by Crippen LogP contribution is 2.34. The van der Waals surface area contributed by atoms with Crippen LogP contribution in [0.5, 0.6) is 0 Å². The summed E-state index contributed by atoms with van der Waals surface area (Å²) in [6, 6.07) is 0. The molecule has 2 heteroatoms. The second-order valence-electron chi connectivity index (χ2n) is 6.88. The summed E-state index contributed by atoms with van der Waals surface area (Å²) in [6.07, 6.45) is 10.8. The zero-order valence-corrected chi connectivity index (χ0v) is 13.6. The molecule has 0 aliphatic carbocycles. The zero-order chi connectivity index (χ0) is 14.1. The van der Waals surface area contributed by atoms with Crippen molar-refractivity contribution >= 4 is 0 Å². The van der Waals surface area contributed by atoms with E-state index in [1.54, 1.807) is 0 Å². The third-order valence-electron chi connectivity index (χ3n) is 5.28. The van der Waals surface area contributed by atoms with E-state index in [1.807, 2.05) is 0 Å². The Labute approximate surface area is 121 Å². The van der Waals surface area contributed by atoms with E-state index in [4.69, 9.17) is 5.73 Å². The lowest BCUT2D eigenvalue weighted by Gasteiger charge is -2.39. The number of hydrogen-bond donors (Lipinski definition) is 1. The molecule has 1 fully saturated rings. The van der Waals surface area contributed by atoms with Crippen LogP contribution in [0.2, 0.25) is 0 Å². The molecule has 2 N–H and O–H groups in total. The van der Waals surface area contributed by atoms with Crippen LogP contribution in [0.15, 0.2) is 0 Å². The van der Waals surface area contributed by atoms with Crippen LogP contribution < -0.4 is 5.73 Å². The van der Waals surface area contributed by atoms with Gasteiger partial charge in [-0.25, -0.2) is 0 Å². The Balaban J connectivity index is 2.16. The first kappa shape index (κ1) is 17.0. The van der Waals surface area contributed by atoms with Crippen LogP contribution in [0.1, 0.15) is 72.1 Å². The molecule has 0 bridgehead atoms. The molecule has 2 nitrogen and oxygen atoms in total. The summed E-state index contributed by atoms with van der Waals surface area (Å²) < 4.78 is 0. The Hall–Kier alpha value is -0.0800. The van der Waals surface area contributed by atoms with E-state index in [-0.39, 0.29) is 0 Å². The molecule has 0 spiro atoms. The second-order valence-corrected chi connectivity index (χ2v) is 6.88. The number of nitrogens with zero attached hydrogens (tertiary/aromatic N) is 1. The quantitative estimate of drug-likeness (QED) is 0.684. The highest BCUT2D eigenvalue weighted by Gasteiger charge is 2.27. The van der Waals surface area contributed by atoms with E-state index in [0.717, 1.165) is 12.5 Å². The summed E-state index contributed by atoms with van der Waals surface area (Å²) in [5.74, 6) is 0.876. The maximum Gasteiger partial charge on any atom is -0.00135 e. The highest BCUT2D eigenvalue weighted by molar-refractivity contribution is 4.81. The van der Waals surface area contributed by atoms with Crippen LogP contribution >= 0.6 is 0 Å².